The van der Waals surface area contributed by atoms with Crippen LogP contribution in [0.25, 0.3) is 0 Å². The first-order chi connectivity index (χ1) is 9.77. The molecule has 1 aromatic heterocycles. The Bertz CT molecular complexity index is 770. The Hall–Kier alpha value is -0.740. The lowest BCUT2D eigenvalue weighted by Crippen LogP contribution is -2.22. The summed E-state index contributed by atoms with van der Waals surface area (Å²) >= 11 is 8.05. The van der Waals surface area contributed by atoms with Crippen LogP contribution in [-0.2, 0) is 16.6 Å². The number of benzene rings is 1. The molecule has 0 aliphatic heterocycles. The molecule has 21 heavy (non-hydrogen) atoms. The Morgan fingerprint density at radius 3 is 2.33 bits per heavy atom. The van der Waals surface area contributed by atoms with E-state index in [1.54, 1.807) is 18.2 Å². The molecule has 2 aromatic rings. The lowest BCUT2D eigenvalue weighted by molar-refractivity contribution is 0.0950. The molecule has 9 heteroatoms. The van der Waals surface area contributed by atoms with E-state index in [1.807, 2.05) is 0 Å². The molecule has 0 unspecified atom stereocenters. The third-order valence-electron chi connectivity index (χ3n) is 2.61. The van der Waals surface area contributed by atoms with Gasteiger partial charge in [-0.25, -0.2) is 13.6 Å². The highest BCUT2D eigenvalue weighted by molar-refractivity contribution is 9.12. The molecule has 112 valence electrons. The van der Waals surface area contributed by atoms with Crippen molar-refractivity contribution in [1.82, 2.24) is 5.32 Å². The molecule has 0 atom stereocenters. The highest BCUT2D eigenvalue weighted by Gasteiger charge is 2.13. The maximum atomic E-state index is 12.0. The fourth-order valence-electron chi connectivity index (χ4n) is 1.57. The number of rotatable bonds is 4. The van der Waals surface area contributed by atoms with Gasteiger partial charge in [0, 0.05) is 6.54 Å². The second kappa shape index (κ2) is 6.57. The van der Waals surface area contributed by atoms with Gasteiger partial charge in [-0.2, -0.15) is 0 Å². The fourth-order valence-corrected chi connectivity index (χ4v) is 4.88. The molecular formula is C12H10Br2N2O3S2. The van der Waals surface area contributed by atoms with Crippen molar-refractivity contribution in [3.8, 4) is 0 Å². The summed E-state index contributed by atoms with van der Waals surface area (Å²) in [5.74, 6) is -0.209. The van der Waals surface area contributed by atoms with Crippen molar-refractivity contribution in [3.05, 3.63) is 49.0 Å². The normalized spacial score (nSPS) is 11.4. The van der Waals surface area contributed by atoms with Crippen LogP contribution >= 0.6 is 43.2 Å². The number of hydrogen-bond acceptors (Lipinski definition) is 4. The van der Waals surface area contributed by atoms with Crippen LogP contribution in [0.5, 0.6) is 0 Å². The van der Waals surface area contributed by atoms with E-state index in [4.69, 9.17) is 5.14 Å². The summed E-state index contributed by atoms with van der Waals surface area (Å²) in [6, 6.07) is 7.77. The highest BCUT2D eigenvalue weighted by atomic mass is 79.9. The summed E-state index contributed by atoms with van der Waals surface area (Å²) in [5, 5.41) is 7.78. The van der Waals surface area contributed by atoms with Crippen molar-refractivity contribution in [2.24, 2.45) is 5.14 Å². The van der Waals surface area contributed by atoms with Gasteiger partial charge in [-0.1, -0.05) is 12.1 Å². The molecule has 2 rings (SSSR count). The summed E-state index contributed by atoms with van der Waals surface area (Å²) in [6.07, 6.45) is 0. The molecule has 5 nitrogen and oxygen atoms in total. The van der Waals surface area contributed by atoms with Crippen LogP contribution in [0.15, 0.2) is 42.8 Å². The SMILES string of the molecule is NS(=O)(=O)c1ccc(CNC(=O)c2cc(Br)sc2Br)cc1. The monoisotopic (exact) mass is 452 g/mol. The van der Waals surface area contributed by atoms with Gasteiger partial charge in [0.05, 0.1) is 18.0 Å². The summed E-state index contributed by atoms with van der Waals surface area (Å²) in [7, 11) is -3.69. The Morgan fingerprint density at radius 2 is 1.86 bits per heavy atom. The molecule has 1 heterocycles. The van der Waals surface area contributed by atoms with Gasteiger partial charge < -0.3 is 5.32 Å². The average molecular weight is 454 g/mol. The van der Waals surface area contributed by atoms with Crippen molar-refractivity contribution in [2.45, 2.75) is 11.4 Å². The Morgan fingerprint density at radius 1 is 1.24 bits per heavy atom. The first kappa shape index (κ1) is 16.6. The van der Waals surface area contributed by atoms with E-state index in [0.29, 0.717) is 12.1 Å². The molecule has 0 aliphatic carbocycles. The number of primary sulfonamides is 1. The van der Waals surface area contributed by atoms with Crippen molar-refractivity contribution < 1.29 is 13.2 Å². The molecule has 0 radical (unpaired) electrons. The Balaban J connectivity index is 2.03. The highest BCUT2D eigenvalue weighted by Crippen LogP contribution is 2.31. The van der Waals surface area contributed by atoms with Gasteiger partial charge in [0.15, 0.2) is 0 Å². The van der Waals surface area contributed by atoms with E-state index in [2.05, 4.69) is 37.2 Å². The topological polar surface area (TPSA) is 89.3 Å². The number of carbonyl (C=O) groups excluding carboxylic acids is 1. The standard InChI is InChI=1S/C12H10Br2N2O3S2/c13-10-5-9(11(14)20-10)12(17)16-6-7-1-3-8(4-2-7)21(15,18)19/h1-5H,6H2,(H,16,17)(H2,15,18,19). The van der Waals surface area contributed by atoms with Crippen LogP contribution in [0.1, 0.15) is 15.9 Å². The van der Waals surface area contributed by atoms with E-state index in [9.17, 15) is 13.2 Å². The molecule has 0 fully saturated rings. The number of thiophene rings is 1. The molecule has 1 amide bonds. The van der Waals surface area contributed by atoms with Crippen molar-refractivity contribution >= 4 is 59.1 Å². The minimum Gasteiger partial charge on any atom is -0.348 e. The summed E-state index contributed by atoms with van der Waals surface area (Å²) in [6.45, 7) is 0.295. The van der Waals surface area contributed by atoms with Gasteiger partial charge >= 0.3 is 0 Å². The van der Waals surface area contributed by atoms with Gasteiger partial charge in [-0.3, -0.25) is 4.79 Å². The van der Waals surface area contributed by atoms with Gasteiger partial charge in [0.25, 0.3) is 5.91 Å². The number of sulfonamides is 1. The minimum absolute atomic E-state index is 0.0436. The second-order valence-electron chi connectivity index (χ2n) is 4.11. The third kappa shape index (κ3) is 4.36. The van der Waals surface area contributed by atoms with Gasteiger partial charge in [-0.15, -0.1) is 11.3 Å². The smallest absolute Gasteiger partial charge is 0.253 e. The van der Waals surface area contributed by atoms with Gasteiger partial charge in [0.1, 0.15) is 0 Å². The van der Waals surface area contributed by atoms with Crippen molar-refractivity contribution in [1.29, 1.82) is 0 Å². The zero-order valence-corrected chi connectivity index (χ0v) is 15.3. The fraction of sp³-hybridized carbons (Fsp3) is 0.0833. The summed E-state index contributed by atoms with van der Waals surface area (Å²) in [5.41, 5.74) is 1.33. The van der Waals surface area contributed by atoms with Crippen LogP contribution in [-0.4, -0.2) is 14.3 Å². The largest absolute Gasteiger partial charge is 0.348 e. The maximum Gasteiger partial charge on any atom is 0.253 e. The van der Waals surface area contributed by atoms with E-state index < -0.39 is 10.0 Å². The third-order valence-corrected chi connectivity index (χ3v) is 5.87. The number of halogens is 2. The number of nitrogens with two attached hydrogens (primary N) is 1. The van der Waals surface area contributed by atoms with Crippen molar-refractivity contribution in [3.63, 3.8) is 0 Å². The zero-order chi connectivity index (χ0) is 15.6. The van der Waals surface area contributed by atoms with Crippen LogP contribution in [0.4, 0.5) is 0 Å². The van der Waals surface area contributed by atoms with Gasteiger partial charge in [0.2, 0.25) is 10.0 Å². The van der Waals surface area contributed by atoms with E-state index in [1.165, 1.54) is 23.5 Å². The van der Waals surface area contributed by atoms with Crippen molar-refractivity contribution in [2.75, 3.05) is 0 Å². The minimum atomic E-state index is -3.69. The molecule has 1 aromatic carbocycles. The molecule has 0 bridgehead atoms. The molecular weight excluding hydrogens is 444 g/mol. The first-order valence-electron chi connectivity index (χ1n) is 5.62. The Labute approximate surface area is 142 Å². The number of hydrogen-bond donors (Lipinski definition) is 2. The van der Waals surface area contributed by atoms with E-state index in [0.717, 1.165) is 13.1 Å². The molecule has 0 spiro atoms. The molecule has 3 N–H and O–H groups in total. The van der Waals surface area contributed by atoms with Crippen LogP contribution in [0.2, 0.25) is 0 Å². The van der Waals surface area contributed by atoms with Crippen LogP contribution < -0.4 is 10.5 Å². The number of amides is 1. The second-order valence-corrected chi connectivity index (χ2v) is 9.42. The molecule has 0 aliphatic rings. The van der Waals surface area contributed by atoms with E-state index in [-0.39, 0.29) is 10.8 Å². The lowest BCUT2D eigenvalue weighted by atomic mass is 10.2. The molecule has 0 saturated carbocycles. The quantitative estimate of drug-likeness (QED) is 0.745. The molecule has 0 saturated heterocycles. The number of carbonyl (C=O) groups is 1. The predicted molar refractivity (Wildman–Crippen MR) is 88.7 cm³/mol. The Kier molecular flexibility index (Phi) is 5.20. The summed E-state index contributed by atoms with van der Waals surface area (Å²) in [4.78, 5) is 12.1. The predicted octanol–water partition coefficient (Wildman–Crippen LogP) is 2.85. The summed E-state index contributed by atoms with van der Waals surface area (Å²) < 4.78 is 23.9. The van der Waals surface area contributed by atoms with Gasteiger partial charge in [-0.05, 0) is 55.6 Å². The zero-order valence-electron chi connectivity index (χ0n) is 10.5. The number of nitrogens with one attached hydrogen (secondary N) is 1. The van der Waals surface area contributed by atoms with Crippen LogP contribution in [0.3, 0.4) is 0 Å². The van der Waals surface area contributed by atoms with E-state index >= 15 is 0 Å². The average Bonchev–Trinajstić information content (AvgIpc) is 2.74. The van der Waals surface area contributed by atoms with Crippen LogP contribution in [0, 0.1) is 0 Å². The maximum absolute atomic E-state index is 12.0. The lowest BCUT2D eigenvalue weighted by Gasteiger charge is -2.05. The first-order valence-corrected chi connectivity index (χ1v) is 9.57.